The third kappa shape index (κ3) is 4.68. The number of carbonyl (C=O) groups excluding carboxylic acids is 2. The second-order valence-corrected chi connectivity index (χ2v) is 2.48. The molecule has 0 aromatic heterocycles. The summed E-state index contributed by atoms with van der Waals surface area (Å²) < 4.78 is 4.61. The van der Waals surface area contributed by atoms with Crippen LogP contribution in [0.25, 0.3) is 0 Å². The fourth-order valence-corrected chi connectivity index (χ4v) is 0.467. The van der Waals surface area contributed by atoms with Gasteiger partial charge in [-0.25, -0.2) is 0 Å². The number of nitrogens with one attached hydrogen (secondary N) is 1. The molecular weight excluding hydrogens is 160 g/mol. The topological polar surface area (TPSA) is 58.6 Å². The molecule has 0 aromatic carbocycles. The average molecular weight is 174 g/mol. The number of amides is 1. The largest absolute Gasteiger partial charge is 0.455 e. The van der Waals surface area contributed by atoms with Crippen LogP contribution >= 0.6 is 0 Å². The summed E-state index contributed by atoms with van der Waals surface area (Å²) in [5.41, 5.74) is 0. The maximum Gasteiger partial charge on any atom is 0.320 e. The molecule has 12 heavy (non-hydrogen) atoms. The van der Waals surface area contributed by atoms with Crippen LogP contribution in [-0.2, 0) is 14.3 Å². The molecule has 0 aliphatic heterocycles. The van der Waals surface area contributed by atoms with E-state index >= 15 is 0 Å². The fraction of sp³-hybridized carbons (Fsp3) is 0.714. The van der Waals surface area contributed by atoms with Gasteiger partial charge in [0.1, 0.15) is 0 Å². The molecule has 0 saturated heterocycles. The lowest BCUT2D eigenvalue weighted by atomic mass is 10.6. The quantitative estimate of drug-likeness (QED) is 0.546. The van der Waals surface area contributed by atoms with Gasteiger partial charge in [0, 0.05) is 14.1 Å². The fourth-order valence-electron chi connectivity index (χ4n) is 0.467. The number of hydrogen-bond acceptors (Lipinski definition) is 4. The summed E-state index contributed by atoms with van der Waals surface area (Å²) in [5.74, 6) is -0.646. The number of nitrogens with zero attached hydrogens (tertiary/aromatic N) is 1. The van der Waals surface area contributed by atoms with Crippen molar-refractivity contribution in [2.45, 2.75) is 0 Å². The Morgan fingerprint density at radius 3 is 2.42 bits per heavy atom. The molecule has 0 fully saturated rings. The first kappa shape index (κ1) is 10.9. The molecule has 70 valence electrons. The molecule has 0 unspecified atom stereocenters. The second kappa shape index (κ2) is 5.54. The molecule has 0 bridgehead atoms. The average Bonchev–Trinajstić information content (AvgIpc) is 2.00. The summed E-state index contributed by atoms with van der Waals surface area (Å²) in [4.78, 5) is 23.0. The summed E-state index contributed by atoms with van der Waals surface area (Å²) in [5, 5.41) is 2.62. The zero-order chi connectivity index (χ0) is 9.56. The zero-order valence-corrected chi connectivity index (χ0v) is 7.59. The van der Waals surface area contributed by atoms with E-state index in [-0.39, 0.29) is 19.1 Å². The molecule has 0 aromatic rings. The van der Waals surface area contributed by atoms with Gasteiger partial charge in [0.2, 0.25) is 0 Å². The van der Waals surface area contributed by atoms with Crippen molar-refractivity contribution in [3.05, 3.63) is 0 Å². The first-order valence-corrected chi connectivity index (χ1v) is 3.58. The van der Waals surface area contributed by atoms with Crippen LogP contribution in [0.1, 0.15) is 0 Å². The van der Waals surface area contributed by atoms with E-state index in [1.54, 1.807) is 21.1 Å². The second-order valence-electron chi connectivity index (χ2n) is 2.48. The van der Waals surface area contributed by atoms with Gasteiger partial charge < -0.3 is 15.0 Å². The van der Waals surface area contributed by atoms with Crippen molar-refractivity contribution < 1.29 is 14.3 Å². The molecule has 5 heteroatoms. The van der Waals surface area contributed by atoms with Crippen molar-refractivity contribution >= 4 is 11.9 Å². The Bertz CT molecular complexity index is 168. The summed E-state index contributed by atoms with van der Waals surface area (Å²) in [7, 11) is 4.84. The molecule has 0 spiro atoms. The highest BCUT2D eigenvalue weighted by Crippen LogP contribution is 1.82. The van der Waals surface area contributed by atoms with E-state index in [2.05, 4.69) is 10.1 Å². The number of carbonyl (C=O) groups is 2. The first-order valence-electron chi connectivity index (χ1n) is 3.58. The van der Waals surface area contributed by atoms with Gasteiger partial charge in [0.05, 0.1) is 6.54 Å². The van der Waals surface area contributed by atoms with E-state index in [1.807, 2.05) is 0 Å². The van der Waals surface area contributed by atoms with Crippen LogP contribution in [0.3, 0.4) is 0 Å². The van der Waals surface area contributed by atoms with Gasteiger partial charge in [-0.2, -0.15) is 0 Å². The van der Waals surface area contributed by atoms with Crippen LogP contribution < -0.4 is 5.32 Å². The third-order valence-electron chi connectivity index (χ3n) is 1.18. The highest BCUT2D eigenvalue weighted by molar-refractivity contribution is 5.80. The number of ether oxygens (including phenoxy) is 1. The van der Waals surface area contributed by atoms with Gasteiger partial charge in [-0.05, 0) is 7.05 Å². The van der Waals surface area contributed by atoms with Gasteiger partial charge in [-0.3, -0.25) is 9.59 Å². The SMILES string of the molecule is CNCC(=O)OCC(=O)N(C)C. The molecular formula is C7H14N2O3. The smallest absolute Gasteiger partial charge is 0.320 e. The molecule has 0 atom stereocenters. The Kier molecular flexibility index (Phi) is 5.03. The van der Waals surface area contributed by atoms with Crippen LogP contribution in [0.2, 0.25) is 0 Å². The Morgan fingerprint density at radius 2 is 2.00 bits per heavy atom. The van der Waals surface area contributed by atoms with Crippen molar-refractivity contribution in [1.29, 1.82) is 0 Å². The maximum atomic E-state index is 10.9. The lowest BCUT2D eigenvalue weighted by molar-refractivity contribution is -0.150. The highest BCUT2D eigenvalue weighted by Gasteiger charge is 2.07. The lowest BCUT2D eigenvalue weighted by Gasteiger charge is -2.09. The van der Waals surface area contributed by atoms with Crippen LogP contribution in [-0.4, -0.2) is 51.1 Å². The molecule has 0 radical (unpaired) electrons. The summed E-state index contributed by atoms with van der Waals surface area (Å²) in [6.45, 7) is -0.0613. The van der Waals surface area contributed by atoms with E-state index in [4.69, 9.17) is 0 Å². The van der Waals surface area contributed by atoms with Crippen molar-refractivity contribution in [2.75, 3.05) is 34.3 Å². The van der Waals surface area contributed by atoms with Gasteiger partial charge in [0.25, 0.3) is 5.91 Å². The maximum absolute atomic E-state index is 10.9. The van der Waals surface area contributed by atoms with E-state index in [9.17, 15) is 9.59 Å². The monoisotopic (exact) mass is 174 g/mol. The zero-order valence-electron chi connectivity index (χ0n) is 7.59. The molecule has 0 saturated carbocycles. The normalized spacial score (nSPS) is 9.25. The summed E-state index contributed by atoms with van der Waals surface area (Å²) in [6, 6.07) is 0. The van der Waals surface area contributed by atoms with E-state index in [1.165, 1.54) is 4.90 Å². The third-order valence-corrected chi connectivity index (χ3v) is 1.18. The van der Waals surface area contributed by atoms with Crippen molar-refractivity contribution in [3.8, 4) is 0 Å². The lowest BCUT2D eigenvalue weighted by Crippen LogP contribution is -2.30. The van der Waals surface area contributed by atoms with Crippen LogP contribution in [0, 0.1) is 0 Å². The summed E-state index contributed by atoms with van der Waals surface area (Å²) in [6.07, 6.45) is 0. The van der Waals surface area contributed by atoms with E-state index < -0.39 is 5.97 Å². The minimum absolute atomic E-state index is 0.126. The van der Waals surface area contributed by atoms with Gasteiger partial charge in [0.15, 0.2) is 6.61 Å². The number of hydrogen-bond donors (Lipinski definition) is 1. The van der Waals surface area contributed by atoms with Crippen molar-refractivity contribution in [1.82, 2.24) is 10.2 Å². The van der Waals surface area contributed by atoms with Gasteiger partial charge >= 0.3 is 5.97 Å². The Labute approximate surface area is 71.7 Å². The number of esters is 1. The molecule has 0 aliphatic carbocycles. The van der Waals surface area contributed by atoms with Crippen LogP contribution in [0.4, 0.5) is 0 Å². The molecule has 0 aliphatic rings. The van der Waals surface area contributed by atoms with Crippen LogP contribution in [0.5, 0.6) is 0 Å². The first-order chi connectivity index (χ1) is 5.57. The van der Waals surface area contributed by atoms with Gasteiger partial charge in [-0.15, -0.1) is 0 Å². The van der Waals surface area contributed by atoms with E-state index in [0.717, 1.165) is 0 Å². The standard InChI is InChI=1S/C7H14N2O3/c1-8-4-7(11)12-5-6(10)9(2)3/h8H,4-5H2,1-3H3. The minimum atomic E-state index is -0.423. The predicted octanol–water partition coefficient (Wildman–Crippen LogP) is -1.16. The molecule has 0 heterocycles. The Hall–Kier alpha value is -1.10. The van der Waals surface area contributed by atoms with Crippen molar-refractivity contribution in [2.24, 2.45) is 0 Å². The molecule has 5 nitrogen and oxygen atoms in total. The van der Waals surface area contributed by atoms with Crippen molar-refractivity contribution in [3.63, 3.8) is 0 Å². The minimum Gasteiger partial charge on any atom is -0.455 e. The van der Waals surface area contributed by atoms with E-state index in [0.29, 0.717) is 0 Å². The number of likely N-dealkylation sites (N-methyl/N-ethyl adjacent to an activating group) is 2. The Morgan fingerprint density at radius 1 is 1.42 bits per heavy atom. The summed E-state index contributed by atoms with van der Waals surface area (Å²) >= 11 is 0. The molecule has 0 rings (SSSR count). The Balaban J connectivity index is 3.54. The number of rotatable bonds is 4. The highest BCUT2D eigenvalue weighted by atomic mass is 16.5. The van der Waals surface area contributed by atoms with Crippen LogP contribution in [0.15, 0.2) is 0 Å². The predicted molar refractivity (Wildman–Crippen MR) is 43.6 cm³/mol. The molecule has 1 amide bonds. The van der Waals surface area contributed by atoms with Gasteiger partial charge in [-0.1, -0.05) is 0 Å². The molecule has 1 N–H and O–H groups in total.